The number of aryl methyl sites for hydroxylation is 3. The van der Waals surface area contributed by atoms with Crippen LogP contribution in [0.1, 0.15) is 16.7 Å². The molecule has 0 saturated heterocycles. The van der Waals surface area contributed by atoms with Crippen molar-refractivity contribution >= 4 is 11.5 Å². The van der Waals surface area contributed by atoms with Crippen LogP contribution in [0.5, 0.6) is 0 Å². The van der Waals surface area contributed by atoms with Crippen LogP contribution in [0, 0.1) is 20.8 Å². The van der Waals surface area contributed by atoms with Crippen molar-refractivity contribution in [2.45, 2.75) is 20.8 Å². The van der Waals surface area contributed by atoms with Gasteiger partial charge in [-0.05, 0) is 44.0 Å². The van der Waals surface area contributed by atoms with E-state index in [0.29, 0.717) is 5.82 Å². The molecule has 3 rings (SSSR count). The SMILES string of the molecule is Cc1ccc(-c2nc3cc(C)ccn3c2N)c(C)c1. The van der Waals surface area contributed by atoms with E-state index in [1.807, 2.05) is 22.7 Å². The predicted octanol–water partition coefficient (Wildman–Crippen LogP) is 3.51. The number of pyridine rings is 1. The third-order valence-corrected chi connectivity index (χ3v) is 3.46. The zero-order valence-corrected chi connectivity index (χ0v) is 11.4. The highest BCUT2D eigenvalue weighted by molar-refractivity contribution is 5.77. The van der Waals surface area contributed by atoms with Gasteiger partial charge in [-0.2, -0.15) is 0 Å². The summed E-state index contributed by atoms with van der Waals surface area (Å²) in [6, 6.07) is 10.4. The van der Waals surface area contributed by atoms with Crippen LogP contribution in [0.4, 0.5) is 5.82 Å². The maximum atomic E-state index is 6.23. The maximum absolute atomic E-state index is 6.23. The third-order valence-electron chi connectivity index (χ3n) is 3.46. The van der Waals surface area contributed by atoms with Gasteiger partial charge in [0.25, 0.3) is 0 Å². The van der Waals surface area contributed by atoms with Crippen molar-refractivity contribution in [2.75, 3.05) is 5.73 Å². The van der Waals surface area contributed by atoms with Crippen LogP contribution in [0.25, 0.3) is 16.9 Å². The highest BCUT2D eigenvalue weighted by atomic mass is 15.1. The Morgan fingerprint density at radius 3 is 2.47 bits per heavy atom. The molecule has 0 spiro atoms. The molecule has 0 bridgehead atoms. The molecule has 0 unspecified atom stereocenters. The first-order valence-corrected chi connectivity index (χ1v) is 6.38. The van der Waals surface area contributed by atoms with Crippen molar-refractivity contribution in [3.05, 3.63) is 53.2 Å². The van der Waals surface area contributed by atoms with Gasteiger partial charge in [0.2, 0.25) is 0 Å². The number of imidazole rings is 1. The van der Waals surface area contributed by atoms with E-state index in [1.54, 1.807) is 0 Å². The van der Waals surface area contributed by atoms with Crippen molar-refractivity contribution in [3.8, 4) is 11.3 Å². The van der Waals surface area contributed by atoms with Crippen molar-refractivity contribution < 1.29 is 0 Å². The molecule has 0 aliphatic rings. The molecule has 0 aliphatic heterocycles. The smallest absolute Gasteiger partial charge is 0.139 e. The van der Waals surface area contributed by atoms with E-state index < -0.39 is 0 Å². The number of nitrogens with two attached hydrogens (primary N) is 1. The van der Waals surface area contributed by atoms with E-state index in [0.717, 1.165) is 16.9 Å². The highest BCUT2D eigenvalue weighted by Gasteiger charge is 2.13. The first-order valence-electron chi connectivity index (χ1n) is 6.38. The lowest BCUT2D eigenvalue weighted by atomic mass is 10.0. The summed E-state index contributed by atoms with van der Waals surface area (Å²) < 4.78 is 1.93. The maximum Gasteiger partial charge on any atom is 0.139 e. The summed E-state index contributed by atoms with van der Waals surface area (Å²) in [4.78, 5) is 4.67. The summed E-state index contributed by atoms with van der Waals surface area (Å²) in [7, 11) is 0. The van der Waals surface area contributed by atoms with Gasteiger partial charge in [-0.1, -0.05) is 23.8 Å². The van der Waals surface area contributed by atoms with E-state index >= 15 is 0 Å². The second-order valence-corrected chi connectivity index (χ2v) is 5.10. The molecule has 3 aromatic rings. The number of hydrogen-bond donors (Lipinski definition) is 1. The van der Waals surface area contributed by atoms with Gasteiger partial charge in [-0.15, -0.1) is 0 Å². The summed E-state index contributed by atoms with van der Waals surface area (Å²) >= 11 is 0. The second-order valence-electron chi connectivity index (χ2n) is 5.10. The van der Waals surface area contributed by atoms with Gasteiger partial charge in [0.15, 0.2) is 0 Å². The Balaban J connectivity index is 2.27. The van der Waals surface area contributed by atoms with E-state index in [4.69, 9.17) is 5.73 Å². The zero-order valence-electron chi connectivity index (χ0n) is 11.4. The molecular weight excluding hydrogens is 234 g/mol. The number of rotatable bonds is 1. The van der Waals surface area contributed by atoms with E-state index in [2.05, 4.69) is 44.0 Å². The summed E-state index contributed by atoms with van der Waals surface area (Å²) in [5, 5.41) is 0. The fourth-order valence-electron chi connectivity index (χ4n) is 2.44. The van der Waals surface area contributed by atoms with Crippen molar-refractivity contribution in [3.63, 3.8) is 0 Å². The van der Waals surface area contributed by atoms with Gasteiger partial charge in [0, 0.05) is 11.8 Å². The molecular formula is C16H17N3. The minimum atomic E-state index is 0.696. The summed E-state index contributed by atoms with van der Waals surface area (Å²) in [6.45, 7) is 6.24. The summed E-state index contributed by atoms with van der Waals surface area (Å²) in [6.07, 6.45) is 1.97. The number of anilines is 1. The standard InChI is InChI=1S/C16H17N3/c1-10-4-5-13(12(3)8-10)15-16(17)19-7-6-11(2)9-14(19)18-15/h4-9H,17H2,1-3H3. The average Bonchev–Trinajstić information content (AvgIpc) is 2.66. The van der Waals surface area contributed by atoms with Gasteiger partial charge < -0.3 is 5.73 Å². The van der Waals surface area contributed by atoms with Gasteiger partial charge in [-0.25, -0.2) is 4.98 Å². The Hall–Kier alpha value is -2.29. The molecule has 0 radical (unpaired) electrons. The lowest BCUT2D eigenvalue weighted by Crippen LogP contribution is -1.95. The molecule has 0 saturated carbocycles. The molecule has 3 nitrogen and oxygen atoms in total. The molecule has 0 fully saturated rings. The van der Waals surface area contributed by atoms with Gasteiger partial charge >= 0.3 is 0 Å². The molecule has 0 atom stereocenters. The molecule has 2 aromatic heterocycles. The van der Waals surface area contributed by atoms with E-state index in [9.17, 15) is 0 Å². The Morgan fingerprint density at radius 2 is 1.74 bits per heavy atom. The number of nitrogen functional groups attached to an aromatic ring is 1. The average molecular weight is 251 g/mol. The molecule has 1 aromatic carbocycles. The third kappa shape index (κ3) is 1.87. The molecule has 2 heterocycles. The predicted molar refractivity (Wildman–Crippen MR) is 79.3 cm³/mol. The first-order chi connectivity index (χ1) is 9.06. The molecule has 3 heteroatoms. The monoisotopic (exact) mass is 251 g/mol. The Kier molecular flexibility index (Phi) is 2.56. The summed E-state index contributed by atoms with van der Waals surface area (Å²) in [5.74, 6) is 0.696. The number of nitrogens with zero attached hydrogens (tertiary/aromatic N) is 2. The fraction of sp³-hybridized carbons (Fsp3) is 0.188. The van der Waals surface area contributed by atoms with Crippen LogP contribution in [-0.2, 0) is 0 Å². The van der Waals surface area contributed by atoms with Gasteiger partial charge in [0.1, 0.15) is 17.2 Å². The highest BCUT2D eigenvalue weighted by Crippen LogP contribution is 2.29. The summed E-state index contributed by atoms with van der Waals surface area (Å²) in [5.41, 5.74) is 12.7. The minimum Gasteiger partial charge on any atom is -0.383 e. The zero-order chi connectivity index (χ0) is 13.6. The molecule has 0 amide bonds. The topological polar surface area (TPSA) is 43.3 Å². The lowest BCUT2D eigenvalue weighted by Gasteiger charge is -2.05. The van der Waals surface area contributed by atoms with Crippen molar-refractivity contribution in [1.82, 2.24) is 9.38 Å². The van der Waals surface area contributed by atoms with Crippen LogP contribution in [-0.4, -0.2) is 9.38 Å². The number of fused-ring (bicyclic) bond motifs is 1. The van der Waals surface area contributed by atoms with Gasteiger partial charge in [0.05, 0.1) is 0 Å². The molecule has 0 aliphatic carbocycles. The number of benzene rings is 1. The minimum absolute atomic E-state index is 0.696. The lowest BCUT2D eigenvalue weighted by molar-refractivity contribution is 1.18. The molecule has 2 N–H and O–H groups in total. The van der Waals surface area contributed by atoms with E-state index in [1.165, 1.54) is 16.7 Å². The Labute approximate surface area is 112 Å². The number of aromatic nitrogens is 2. The van der Waals surface area contributed by atoms with Crippen LogP contribution in [0.2, 0.25) is 0 Å². The van der Waals surface area contributed by atoms with Crippen LogP contribution in [0.3, 0.4) is 0 Å². The quantitative estimate of drug-likeness (QED) is 0.719. The van der Waals surface area contributed by atoms with Gasteiger partial charge in [-0.3, -0.25) is 4.40 Å². The largest absolute Gasteiger partial charge is 0.383 e. The van der Waals surface area contributed by atoms with E-state index in [-0.39, 0.29) is 0 Å². The van der Waals surface area contributed by atoms with Crippen molar-refractivity contribution in [2.24, 2.45) is 0 Å². The Bertz CT molecular complexity index is 769. The first kappa shape index (κ1) is 11.8. The molecule has 19 heavy (non-hydrogen) atoms. The van der Waals surface area contributed by atoms with Crippen LogP contribution in [0.15, 0.2) is 36.5 Å². The fourth-order valence-corrected chi connectivity index (χ4v) is 2.44. The Morgan fingerprint density at radius 1 is 1.00 bits per heavy atom. The second kappa shape index (κ2) is 4.12. The van der Waals surface area contributed by atoms with Crippen molar-refractivity contribution in [1.29, 1.82) is 0 Å². The normalized spacial score (nSPS) is 11.1. The van der Waals surface area contributed by atoms with Crippen LogP contribution >= 0.6 is 0 Å². The van der Waals surface area contributed by atoms with Crippen LogP contribution < -0.4 is 5.73 Å². The molecule has 96 valence electrons. The number of hydrogen-bond acceptors (Lipinski definition) is 2.